The van der Waals surface area contributed by atoms with Crippen LogP contribution < -0.4 is 14.8 Å². The van der Waals surface area contributed by atoms with E-state index in [9.17, 15) is 13.6 Å². The third kappa shape index (κ3) is 4.53. The summed E-state index contributed by atoms with van der Waals surface area (Å²) in [6, 6.07) is 12.0. The summed E-state index contributed by atoms with van der Waals surface area (Å²) in [7, 11) is 3.12. The van der Waals surface area contributed by atoms with Gasteiger partial charge >= 0.3 is 6.55 Å². The minimum atomic E-state index is -2.76. The zero-order valence-corrected chi connectivity index (χ0v) is 18.7. The van der Waals surface area contributed by atoms with E-state index in [4.69, 9.17) is 9.47 Å². The fraction of sp³-hybridized carbons (Fsp3) is 0.190. The topological polar surface area (TPSA) is 78.3 Å². The number of fused-ring (bicyclic) bond motifs is 1. The molecule has 7 nitrogen and oxygen atoms in total. The maximum atomic E-state index is 13.5. The first-order valence-corrected chi connectivity index (χ1v) is 11.2. The number of methoxy groups -OCH3 is 2. The summed E-state index contributed by atoms with van der Waals surface area (Å²) >= 11 is 2.20. The SMILES string of the molecule is COc1ccc(-c2csc(NC(=O)CSc3nc4ccccc4n3C(F)F)n2)c(OC)c1. The number of nitrogens with one attached hydrogen (secondary N) is 1. The number of aromatic nitrogens is 3. The molecule has 0 aliphatic rings. The Kier molecular flexibility index (Phi) is 6.56. The number of carbonyl (C=O) groups is 1. The van der Waals surface area contributed by atoms with E-state index in [1.54, 1.807) is 56.0 Å². The van der Waals surface area contributed by atoms with Crippen LogP contribution in [0.15, 0.2) is 53.0 Å². The predicted octanol–water partition coefficient (Wildman–Crippen LogP) is 5.30. The number of ether oxygens (including phenoxy) is 2. The molecule has 2 heterocycles. The third-order valence-electron chi connectivity index (χ3n) is 4.53. The fourth-order valence-corrected chi connectivity index (χ4v) is 4.60. The number of imidazole rings is 1. The molecule has 32 heavy (non-hydrogen) atoms. The van der Waals surface area contributed by atoms with Crippen molar-refractivity contribution in [2.45, 2.75) is 11.7 Å². The number of benzene rings is 2. The summed E-state index contributed by atoms with van der Waals surface area (Å²) in [6.45, 7) is -2.76. The zero-order chi connectivity index (χ0) is 22.7. The predicted molar refractivity (Wildman–Crippen MR) is 121 cm³/mol. The molecule has 1 N–H and O–H groups in total. The highest BCUT2D eigenvalue weighted by Gasteiger charge is 2.19. The molecule has 11 heteroatoms. The minimum Gasteiger partial charge on any atom is -0.497 e. The maximum Gasteiger partial charge on any atom is 0.321 e. The first-order valence-electron chi connectivity index (χ1n) is 9.36. The van der Waals surface area contributed by atoms with Crippen LogP contribution in [0.2, 0.25) is 0 Å². The molecule has 0 aliphatic carbocycles. The van der Waals surface area contributed by atoms with Gasteiger partial charge in [0.15, 0.2) is 10.3 Å². The third-order valence-corrected chi connectivity index (χ3v) is 6.24. The van der Waals surface area contributed by atoms with Gasteiger partial charge in [0.1, 0.15) is 11.5 Å². The van der Waals surface area contributed by atoms with E-state index in [0.29, 0.717) is 33.4 Å². The molecule has 1 amide bonds. The van der Waals surface area contributed by atoms with Crippen LogP contribution >= 0.6 is 23.1 Å². The summed E-state index contributed by atoms with van der Waals surface area (Å²) in [4.78, 5) is 21.1. The second-order valence-electron chi connectivity index (χ2n) is 6.47. The van der Waals surface area contributed by atoms with Crippen molar-refractivity contribution in [1.82, 2.24) is 14.5 Å². The Morgan fingerprint density at radius 3 is 2.75 bits per heavy atom. The number of thioether (sulfide) groups is 1. The Bertz CT molecular complexity index is 1260. The van der Waals surface area contributed by atoms with Crippen LogP contribution in [-0.2, 0) is 4.79 Å². The number of hydrogen-bond acceptors (Lipinski definition) is 7. The van der Waals surface area contributed by atoms with E-state index in [2.05, 4.69) is 15.3 Å². The van der Waals surface area contributed by atoms with Crippen molar-refractivity contribution < 1.29 is 23.0 Å². The van der Waals surface area contributed by atoms with Crippen molar-refractivity contribution >= 4 is 45.2 Å². The first kappa shape index (κ1) is 22.0. The van der Waals surface area contributed by atoms with E-state index >= 15 is 0 Å². The van der Waals surface area contributed by atoms with Gasteiger partial charge in [-0.05, 0) is 24.3 Å². The zero-order valence-electron chi connectivity index (χ0n) is 17.0. The van der Waals surface area contributed by atoms with Crippen LogP contribution in [0.25, 0.3) is 22.3 Å². The molecule has 0 aliphatic heterocycles. The summed E-state index contributed by atoms with van der Waals surface area (Å²) in [6.07, 6.45) is 0. The summed E-state index contributed by atoms with van der Waals surface area (Å²) in [5.41, 5.74) is 2.17. The minimum absolute atomic E-state index is 0.0825. The molecule has 0 spiro atoms. The van der Waals surface area contributed by atoms with Crippen LogP contribution in [0.1, 0.15) is 6.55 Å². The van der Waals surface area contributed by atoms with Gasteiger partial charge in [-0.25, -0.2) is 9.97 Å². The van der Waals surface area contributed by atoms with Crippen LogP contribution in [0.3, 0.4) is 0 Å². The molecule has 2 aromatic heterocycles. The Balaban J connectivity index is 1.45. The number of anilines is 1. The van der Waals surface area contributed by atoms with Gasteiger partial charge in [-0.15, -0.1) is 11.3 Å². The quantitative estimate of drug-likeness (QED) is 0.348. The van der Waals surface area contributed by atoms with Crippen molar-refractivity contribution in [3.05, 3.63) is 47.8 Å². The molecular weight excluding hydrogens is 458 g/mol. The Hall–Kier alpha value is -3.18. The van der Waals surface area contributed by atoms with Gasteiger partial charge in [-0.3, -0.25) is 9.36 Å². The second-order valence-corrected chi connectivity index (χ2v) is 8.27. The number of rotatable bonds is 8. The number of para-hydroxylation sites is 2. The molecule has 166 valence electrons. The van der Waals surface area contributed by atoms with Gasteiger partial charge in [-0.1, -0.05) is 23.9 Å². The Morgan fingerprint density at radius 1 is 1.19 bits per heavy atom. The molecular formula is C21H18F2N4O3S2. The van der Waals surface area contributed by atoms with Gasteiger partial charge in [-0.2, -0.15) is 8.78 Å². The van der Waals surface area contributed by atoms with Crippen molar-refractivity contribution in [1.29, 1.82) is 0 Å². The van der Waals surface area contributed by atoms with E-state index < -0.39 is 6.55 Å². The van der Waals surface area contributed by atoms with Crippen LogP contribution in [0.4, 0.5) is 13.9 Å². The lowest BCUT2D eigenvalue weighted by Crippen LogP contribution is -2.14. The Labute approximate surface area is 190 Å². The lowest BCUT2D eigenvalue weighted by atomic mass is 10.1. The van der Waals surface area contributed by atoms with Crippen LogP contribution in [-0.4, -0.2) is 40.4 Å². The number of halogens is 2. The summed E-state index contributed by atoms with van der Waals surface area (Å²) in [5.74, 6) is 0.789. The molecule has 0 saturated heterocycles. The van der Waals surface area contributed by atoms with Gasteiger partial charge in [0.25, 0.3) is 0 Å². The van der Waals surface area contributed by atoms with Crippen molar-refractivity contribution in [3.8, 4) is 22.8 Å². The lowest BCUT2D eigenvalue weighted by molar-refractivity contribution is -0.113. The number of nitrogens with zero attached hydrogens (tertiary/aromatic N) is 3. The van der Waals surface area contributed by atoms with Crippen LogP contribution in [0, 0.1) is 0 Å². The highest BCUT2D eigenvalue weighted by molar-refractivity contribution is 7.99. The number of carbonyl (C=O) groups excluding carboxylic acids is 1. The highest BCUT2D eigenvalue weighted by atomic mass is 32.2. The number of thiazole rings is 1. The molecule has 0 radical (unpaired) electrons. The maximum absolute atomic E-state index is 13.5. The largest absolute Gasteiger partial charge is 0.497 e. The number of alkyl halides is 2. The van der Waals surface area contributed by atoms with Gasteiger partial charge in [0.2, 0.25) is 5.91 Å². The molecule has 4 rings (SSSR count). The summed E-state index contributed by atoms with van der Waals surface area (Å²) < 4.78 is 38.5. The van der Waals surface area contributed by atoms with Gasteiger partial charge in [0, 0.05) is 17.0 Å². The molecule has 0 saturated carbocycles. The molecule has 0 unspecified atom stereocenters. The second kappa shape index (κ2) is 9.53. The van der Waals surface area contributed by atoms with Crippen molar-refractivity contribution in [2.75, 3.05) is 25.3 Å². The smallest absolute Gasteiger partial charge is 0.321 e. The first-order chi connectivity index (χ1) is 15.5. The number of amides is 1. The van der Waals surface area contributed by atoms with Crippen molar-refractivity contribution in [3.63, 3.8) is 0 Å². The average molecular weight is 477 g/mol. The monoisotopic (exact) mass is 476 g/mol. The van der Waals surface area contributed by atoms with Crippen molar-refractivity contribution in [2.24, 2.45) is 0 Å². The molecule has 2 aromatic carbocycles. The molecule has 4 aromatic rings. The van der Waals surface area contributed by atoms with Crippen LogP contribution in [0.5, 0.6) is 11.5 Å². The van der Waals surface area contributed by atoms with E-state index in [0.717, 1.165) is 21.9 Å². The van der Waals surface area contributed by atoms with Gasteiger partial charge in [0.05, 0.1) is 36.7 Å². The molecule has 0 bridgehead atoms. The van der Waals surface area contributed by atoms with Gasteiger partial charge < -0.3 is 14.8 Å². The highest BCUT2D eigenvalue weighted by Crippen LogP contribution is 2.35. The summed E-state index contributed by atoms with van der Waals surface area (Å²) in [5, 5.41) is 4.97. The fourth-order valence-electron chi connectivity index (χ4n) is 3.06. The molecule has 0 atom stereocenters. The number of hydrogen-bond donors (Lipinski definition) is 1. The average Bonchev–Trinajstić information content (AvgIpc) is 3.41. The standard InChI is InChI=1S/C21H18F2N4O3S2/c1-29-12-7-8-13(17(9-12)30-2)15-10-31-20(24-15)26-18(28)11-32-21-25-14-5-3-4-6-16(14)27(21)19(22)23/h3-10,19H,11H2,1-2H3,(H,24,26,28). The molecule has 0 fully saturated rings. The van der Waals surface area contributed by atoms with E-state index in [-0.39, 0.29) is 16.8 Å². The van der Waals surface area contributed by atoms with E-state index in [1.165, 1.54) is 11.3 Å². The normalized spacial score (nSPS) is 11.2. The Morgan fingerprint density at radius 2 is 2.00 bits per heavy atom. The van der Waals surface area contributed by atoms with E-state index in [1.807, 2.05) is 6.07 Å². The lowest BCUT2D eigenvalue weighted by Gasteiger charge is -2.08.